The first-order valence-electron chi connectivity index (χ1n) is 9.56. The molecule has 1 atom stereocenters. The zero-order valence-corrected chi connectivity index (χ0v) is 18.9. The summed E-state index contributed by atoms with van der Waals surface area (Å²) in [6.07, 6.45) is -3.36. The molecular weight excluding hydrogens is 481 g/mol. The fourth-order valence-corrected chi connectivity index (χ4v) is 4.62. The molecule has 1 heterocycles. The average molecular weight is 501 g/mol. The molecule has 0 bridgehead atoms. The van der Waals surface area contributed by atoms with E-state index in [4.69, 9.17) is 11.0 Å². The number of hydrogen-bond acceptors (Lipinski definition) is 7. The summed E-state index contributed by atoms with van der Waals surface area (Å²) in [6.45, 7) is 1.44. The molecule has 2 aromatic rings. The summed E-state index contributed by atoms with van der Waals surface area (Å²) in [5.74, 6) is -0.578. The molecule has 176 valence electrons. The Kier molecular flexibility index (Phi) is 7.90. The lowest BCUT2D eigenvalue weighted by atomic mass is 9.96. The first-order valence-corrected chi connectivity index (χ1v) is 11.2. The fraction of sp³-hybridized carbons (Fsp3) is 0.286. The molecule has 3 rings (SSSR count). The van der Waals surface area contributed by atoms with Gasteiger partial charge < -0.3 is 11.1 Å². The van der Waals surface area contributed by atoms with Gasteiger partial charge in [-0.15, -0.1) is 12.4 Å². The third-order valence-electron chi connectivity index (χ3n) is 5.08. The predicted molar refractivity (Wildman–Crippen MR) is 117 cm³/mol. The number of ketones is 1. The summed E-state index contributed by atoms with van der Waals surface area (Å²) < 4.78 is 64.1. The van der Waals surface area contributed by atoms with Crippen LogP contribution in [0, 0.1) is 11.3 Å². The number of rotatable bonds is 6. The maximum Gasteiger partial charge on any atom is 0.433 e. The van der Waals surface area contributed by atoms with E-state index in [1.54, 1.807) is 0 Å². The molecule has 0 fully saturated rings. The number of aromatic nitrogens is 1. The number of Topliss-reactive ketones (excluding diaryl/α,β-unsaturated/α-hetero) is 1. The van der Waals surface area contributed by atoms with Crippen molar-refractivity contribution in [1.82, 2.24) is 4.98 Å². The molecule has 1 aromatic heterocycles. The number of benzene rings is 1. The van der Waals surface area contributed by atoms with Crippen LogP contribution in [0.15, 0.2) is 52.7 Å². The highest BCUT2D eigenvalue weighted by molar-refractivity contribution is 7.91. The maximum atomic E-state index is 13.0. The minimum absolute atomic E-state index is 0. The van der Waals surface area contributed by atoms with Crippen molar-refractivity contribution in [3.05, 3.63) is 64.6 Å². The van der Waals surface area contributed by atoms with E-state index in [9.17, 15) is 26.4 Å². The summed E-state index contributed by atoms with van der Waals surface area (Å²) in [7, 11) is -3.77. The van der Waals surface area contributed by atoms with Crippen LogP contribution in [-0.4, -0.2) is 24.9 Å². The number of carbonyl (C=O) groups excluding carboxylic acids is 1. The number of nitriles is 1. The van der Waals surface area contributed by atoms with Crippen molar-refractivity contribution in [3.8, 4) is 6.07 Å². The normalized spacial score (nSPS) is 15.1. The Balaban J connectivity index is 0.00000385. The number of carbonyl (C=O) groups is 1. The van der Waals surface area contributed by atoms with E-state index < -0.39 is 27.7 Å². The van der Waals surface area contributed by atoms with Crippen molar-refractivity contribution in [2.24, 2.45) is 5.73 Å². The fourth-order valence-electron chi connectivity index (χ4n) is 3.45. The minimum Gasteiger partial charge on any atom is -0.358 e. The zero-order valence-electron chi connectivity index (χ0n) is 17.3. The van der Waals surface area contributed by atoms with Gasteiger partial charge in [0.2, 0.25) is 0 Å². The van der Waals surface area contributed by atoms with Crippen molar-refractivity contribution in [1.29, 1.82) is 5.26 Å². The molecule has 1 aromatic carbocycles. The Labute approximate surface area is 194 Å². The molecule has 0 radical (unpaired) electrons. The van der Waals surface area contributed by atoms with E-state index in [0.29, 0.717) is 5.70 Å². The van der Waals surface area contributed by atoms with E-state index in [1.807, 2.05) is 6.07 Å². The molecule has 1 aliphatic rings. The molecular formula is C21H20ClF3N4O3S. The average Bonchev–Trinajstić information content (AvgIpc) is 3.12. The second kappa shape index (κ2) is 9.91. The van der Waals surface area contributed by atoms with Gasteiger partial charge in [0.1, 0.15) is 5.69 Å². The molecule has 7 nitrogen and oxygen atoms in total. The summed E-state index contributed by atoms with van der Waals surface area (Å²) >= 11 is 0. The van der Waals surface area contributed by atoms with Gasteiger partial charge in [-0.2, -0.15) is 18.4 Å². The Morgan fingerprint density at radius 3 is 2.55 bits per heavy atom. The monoisotopic (exact) mass is 500 g/mol. The highest BCUT2D eigenvalue weighted by Gasteiger charge is 2.34. The van der Waals surface area contributed by atoms with Gasteiger partial charge in [-0.3, -0.25) is 9.78 Å². The minimum atomic E-state index is -4.64. The van der Waals surface area contributed by atoms with Crippen molar-refractivity contribution in [2.45, 2.75) is 36.9 Å². The van der Waals surface area contributed by atoms with E-state index in [-0.39, 0.29) is 64.1 Å². The number of sulfone groups is 1. The summed E-state index contributed by atoms with van der Waals surface area (Å²) in [4.78, 5) is 15.7. The molecule has 33 heavy (non-hydrogen) atoms. The van der Waals surface area contributed by atoms with Crippen LogP contribution >= 0.6 is 12.4 Å². The maximum absolute atomic E-state index is 13.0. The van der Waals surface area contributed by atoms with E-state index >= 15 is 0 Å². The molecule has 0 amide bonds. The molecule has 12 heteroatoms. The summed E-state index contributed by atoms with van der Waals surface area (Å²) in [5, 5.41) is 12.0. The van der Waals surface area contributed by atoms with Crippen molar-refractivity contribution < 1.29 is 26.4 Å². The van der Waals surface area contributed by atoms with Crippen LogP contribution in [0.4, 0.5) is 18.9 Å². The standard InChI is InChI=1S/C21H19F3N4O3S.ClH/c1-2-32(30,31)17-9-12(11-25)3-4-14(17)20(26)19-15(5-6-16(19)29)28-13-7-8-27-18(10-13)21(22,23)24;/h3-4,7-10,20H,2,5-6,26H2,1H3,(H,27,28);1H. The molecule has 0 saturated carbocycles. The molecule has 0 aliphatic heterocycles. The first-order chi connectivity index (χ1) is 15.0. The van der Waals surface area contributed by atoms with Crippen molar-refractivity contribution in [3.63, 3.8) is 0 Å². The van der Waals surface area contributed by atoms with Crippen LogP contribution in [0.5, 0.6) is 0 Å². The number of nitrogens with one attached hydrogen (secondary N) is 1. The Bertz CT molecular complexity index is 1250. The third-order valence-corrected chi connectivity index (χ3v) is 6.86. The lowest BCUT2D eigenvalue weighted by Gasteiger charge is -2.19. The van der Waals surface area contributed by atoms with Gasteiger partial charge in [-0.25, -0.2) is 8.42 Å². The predicted octanol–water partition coefficient (Wildman–Crippen LogP) is 3.92. The number of nitrogens with zero attached hydrogens (tertiary/aromatic N) is 2. The molecule has 1 aliphatic carbocycles. The first kappa shape index (κ1) is 26.3. The zero-order chi connectivity index (χ0) is 23.7. The van der Waals surface area contributed by atoms with Crippen LogP contribution in [-0.2, 0) is 20.8 Å². The third kappa shape index (κ3) is 5.52. The molecule has 3 N–H and O–H groups in total. The highest BCUT2D eigenvalue weighted by atomic mass is 35.5. The summed E-state index contributed by atoms with van der Waals surface area (Å²) in [5.41, 5.74) is 5.96. The van der Waals surface area contributed by atoms with Crippen LogP contribution in [0.1, 0.15) is 42.6 Å². The smallest absolute Gasteiger partial charge is 0.358 e. The Morgan fingerprint density at radius 1 is 1.24 bits per heavy atom. The van der Waals surface area contributed by atoms with E-state index in [1.165, 1.54) is 31.2 Å². The summed E-state index contributed by atoms with van der Waals surface area (Å²) in [6, 6.07) is 6.85. The number of anilines is 1. The van der Waals surface area contributed by atoms with Crippen molar-refractivity contribution in [2.75, 3.05) is 11.1 Å². The number of nitrogens with two attached hydrogens (primary N) is 1. The second-order valence-electron chi connectivity index (χ2n) is 7.11. The van der Waals surface area contributed by atoms with E-state index in [2.05, 4.69) is 10.3 Å². The van der Waals surface area contributed by atoms with Crippen LogP contribution in [0.3, 0.4) is 0 Å². The van der Waals surface area contributed by atoms with Gasteiger partial charge in [-0.05, 0) is 36.2 Å². The quantitative estimate of drug-likeness (QED) is 0.615. The number of allylic oxidation sites excluding steroid dienone is 1. The SMILES string of the molecule is CCS(=O)(=O)c1cc(C#N)ccc1C(N)C1=C(Nc2ccnc(C(F)(F)F)c2)CCC1=O.Cl. The van der Waals surface area contributed by atoms with E-state index in [0.717, 1.165) is 12.3 Å². The molecule has 0 spiro atoms. The Morgan fingerprint density at radius 2 is 1.94 bits per heavy atom. The van der Waals surface area contributed by atoms with Crippen LogP contribution < -0.4 is 11.1 Å². The highest BCUT2D eigenvalue weighted by Crippen LogP contribution is 2.36. The van der Waals surface area contributed by atoms with Crippen LogP contribution in [0.25, 0.3) is 0 Å². The van der Waals surface area contributed by atoms with Gasteiger partial charge in [0, 0.05) is 29.6 Å². The van der Waals surface area contributed by atoms with Gasteiger partial charge in [0.05, 0.1) is 28.3 Å². The Hall–Kier alpha value is -2.94. The van der Waals surface area contributed by atoms with Gasteiger partial charge in [0.15, 0.2) is 15.6 Å². The van der Waals surface area contributed by atoms with Gasteiger partial charge in [-0.1, -0.05) is 13.0 Å². The number of halogens is 4. The topological polar surface area (TPSA) is 126 Å². The van der Waals surface area contributed by atoms with Gasteiger partial charge in [0.25, 0.3) is 0 Å². The molecule has 0 saturated heterocycles. The largest absolute Gasteiger partial charge is 0.433 e. The number of pyridine rings is 1. The van der Waals surface area contributed by atoms with Crippen molar-refractivity contribution >= 4 is 33.7 Å². The van der Waals surface area contributed by atoms with Crippen LogP contribution in [0.2, 0.25) is 0 Å². The lowest BCUT2D eigenvalue weighted by Crippen LogP contribution is -2.22. The molecule has 1 unspecified atom stereocenters. The number of alkyl halides is 3. The lowest BCUT2D eigenvalue weighted by molar-refractivity contribution is -0.141. The second-order valence-corrected chi connectivity index (χ2v) is 9.36. The van der Waals surface area contributed by atoms with Gasteiger partial charge >= 0.3 is 6.18 Å². The number of hydrogen-bond donors (Lipinski definition) is 2.